The Morgan fingerprint density at radius 2 is 1.84 bits per heavy atom. The van der Waals surface area contributed by atoms with Crippen molar-refractivity contribution in [2.75, 3.05) is 29.5 Å². The average molecular weight is 526 g/mol. The maximum atomic E-state index is 13.5. The predicted octanol–water partition coefficient (Wildman–Crippen LogP) is 4.98. The zero-order valence-electron chi connectivity index (χ0n) is 19.6. The number of alkyl halides is 3. The Balaban J connectivity index is 1.67. The summed E-state index contributed by atoms with van der Waals surface area (Å²) in [4.78, 5) is 29.5. The number of nitrogens with one attached hydrogen (secondary N) is 1. The number of urea groups is 1. The number of hydrogen-bond acceptors (Lipinski definition) is 5. The second kappa shape index (κ2) is 11.0. The standard InChI is InChI=1S/C26H22F3N5O2S/c27-26(28,29)19-4-1-5-20(14-19)34-21-16-33(11-3-13-37-12-2-10-30)24(35)22(21)23(32-25(34)36)18-8-6-17(15-31)7-9-18/h1,4-9,14,23H,2-3,11-13,16H2,(H,32,36)/t23-/m1/s1. The van der Waals surface area contributed by atoms with Gasteiger partial charge in [0.25, 0.3) is 5.91 Å². The SMILES string of the molecule is N#CCCSCCCN1CC2=C(C1=O)[C@@H](c1ccc(C#N)cc1)NC(=O)N2c1cccc(C(F)(F)F)c1. The number of thioether (sulfide) groups is 1. The van der Waals surface area contributed by atoms with Crippen molar-refractivity contribution >= 4 is 29.4 Å². The first kappa shape index (κ1) is 26.1. The molecule has 1 N–H and O–H groups in total. The second-order valence-corrected chi connectivity index (χ2v) is 9.69. The van der Waals surface area contributed by atoms with Gasteiger partial charge in [0.05, 0.1) is 52.8 Å². The van der Waals surface area contributed by atoms with Gasteiger partial charge in [-0.25, -0.2) is 4.79 Å². The summed E-state index contributed by atoms with van der Waals surface area (Å²) in [5.41, 5.74) is 0.743. The number of nitriles is 2. The minimum atomic E-state index is -4.59. The number of carbonyl (C=O) groups excluding carboxylic acids is 2. The van der Waals surface area contributed by atoms with Crippen LogP contribution in [-0.2, 0) is 11.0 Å². The number of benzene rings is 2. The van der Waals surface area contributed by atoms with E-state index < -0.39 is 23.8 Å². The average Bonchev–Trinajstić information content (AvgIpc) is 3.21. The zero-order chi connectivity index (χ0) is 26.6. The van der Waals surface area contributed by atoms with E-state index >= 15 is 0 Å². The Hall–Kier alpha value is -3.96. The van der Waals surface area contributed by atoms with Crippen LogP contribution in [0.2, 0.25) is 0 Å². The third kappa shape index (κ3) is 5.57. The van der Waals surface area contributed by atoms with Gasteiger partial charge in [-0.05, 0) is 48.1 Å². The van der Waals surface area contributed by atoms with Gasteiger partial charge in [0, 0.05) is 18.7 Å². The van der Waals surface area contributed by atoms with Crippen molar-refractivity contribution in [1.29, 1.82) is 10.5 Å². The Bertz CT molecular complexity index is 1310. The van der Waals surface area contributed by atoms with Crippen LogP contribution < -0.4 is 10.2 Å². The van der Waals surface area contributed by atoms with Gasteiger partial charge in [0.2, 0.25) is 0 Å². The summed E-state index contributed by atoms with van der Waals surface area (Å²) in [5, 5.41) is 20.5. The van der Waals surface area contributed by atoms with Crippen LogP contribution in [0.15, 0.2) is 59.8 Å². The fourth-order valence-corrected chi connectivity index (χ4v) is 5.12. The number of rotatable bonds is 8. The van der Waals surface area contributed by atoms with Crippen LogP contribution >= 0.6 is 11.8 Å². The molecule has 0 aromatic heterocycles. The Morgan fingerprint density at radius 1 is 1.08 bits per heavy atom. The molecule has 0 fully saturated rings. The highest BCUT2D eigenvalue weighted by Gasteiger charge is 2.44. The highest BCUT2D eigenvalue weighted by Crippen LogP contribution is 2.40. The Labute approximate surface area is 216 Å². The smallest absolute Gasteiger partial charge is 0.333 e. The van der Waals surface area contributed by atoms with Crippen LogP contribution in [0.25, 0.3) is 0 Å². The van der Waals surface area contributed by atoms with Crippen LogP contribution in [0, 0.1) is 22.7 Å². The predicted molar refractivity (Wildman–Crippen MR) is 132 cm³/mol. The summed E-state index contributed by atoms with van der Waals surface area (Å²) in [6.07, 6.45) is -3.49. The summed E-state index contributed by atoms with van der Waals surface area (Å²) in [6, 6.07) is 13.6. The molecule has 2 aliphatic heterocycles. The van der Waals surface area contributed by atoms with E-state index in [2.05, 4.69) is 11.4 Å². The molecule has 7 nitrogen and oxygen atoms in total. The number of carbonyl (C=O) groups is 2. The van der Waals surface area contributed by atoms with Crippen molar-refractivity contribution in [3.63, 3.8) is 0 Å². The van der Waals surface area contributed by atoms with E-state index in [1.807, 2.05) is 6.07 Å². The van der Waals surface area contributed by atoms with Crippen LogP contribution in [0.5, 0.6) is 0 Å². The molecule has 2 aromatic carbocycles. The number of halogens is 3. The first-order valence-electron chi connectivity index (χ1n) is 11.5. The molecular weight excluding hydrogens is 503 g/mol. The summed E-state index contributed by atoms with van der Waals surface area (Å²) in [5.74, 6) is 1.13. The van der Waals surface area contributed by atoms with Gasteiger partial charge in [0.1, 0.15) is 0 Å². The molecule has 0 radical (unpaired) electrons. The topological polar surface area (TPSA) is 100 Å². The van der Waals surface area contributed by atoms with E-state index in [9.17, 15) is 22.8 Å². The van der Waals surface area contributed by atoms with Crippen molar-refractivity contribution in [2.45, 2.75) is 25.1 Å². The highest BCUT2D eigenvalue weighted by molar-refractivity contribution is 7.99. The van der Waals surface area contributed by atoms with Crippen molar-refractivity contribution < 1.29 is 22.8 Å². The lowest BCUT2D eigenvalue weighted by Gasteiger charge is -2.33. The van der Waals surface area contributed by atoms with Crippen molar-refractivity contribution in [3.8, 4) is 12.1 Å². The Kier molecular flexibility index (Phi) is 7.74. The third-order valence-electron chi connectivity index (χ3n) is 6.08. The number of anilines is 1. The van der Waals surface area contributed by atoms with E-state index in [0.717, 1.165) is 22.8 Å². The van der Waals surface area contributed by atoms with E-state index in [4.69, 9.17) is 10.5 Å². The van der Waals surface area contributed by atoms with E-state index in [-0.39, 0.29) is 18.1 Å². The lowest BCUT2D eigenvalue weighted by molar-refractivity contribution is -0.137. The summed E-state index contributed by atoms with van der Waals surface area (Å²) < 4.78 is 40.2. The van der Waals surface area contributed by atoms with E-state index in [0.29, 0.717) is 47.5 Å². The number of hydrogen-bond donors (Lipinski definition) is 1. The zero-order valence-corrected chi connectivity index (χ0v) is 20.4. The normalized spacial score (nSPS) is 17.4. The molecule has 0 saturated heterocycles. The van der Waals surface area contributed by atoms with Gasteiger partial charge in [-0.3, -0.25) is 9.69 Å². The molecule has 2 aromatic rings. The Morgan fingerprint density at radius 3 is 2.51 bits per heavy atom. The van der Waals surface area contributed by atoms with Gasteiger partial charge >= 0.3 is 12.2 Å². The molecule has 37 heavy (non-hydrogen) atoms. The molecular formula is C26H22F3N5O2S. The molecule has 3 amide bonds. The lowest BCUT2D eigenvalue weighted by atomic mass is 9.94. The van der Waals surface area contributed by atoms with Crippen molar-refractivity contribution in [3.05, 3.63) is 76.5 Å². The number of nitrogens with zero attached hydrogens (tertiary/aromatic N) is 4. The minimum absolute atomic E-state index is 0.0137. The summed E-state index contributed by atoms with van der Waals surface area (Å²) in [7, 11) is 0. The largest absolute Gasteiger partial charge is 0.416 e. The fraction of sp³-hybridized carbons (Fsp3) is 0.308. The molecule has 0 saturated carbocycles. The molecule has 2 aliphatic rings. The van der Waals surface area contributed by atoms with Crippen LogP contribution in [0.1, 0.15) is 35.6 Å². The highest BCUT2D eigenvalue weighted by atomic mass is 32.2. The molecule has 4 rings (SSSR count). The minimum Gasteiger partial charge on any atom is -0.333 e. The van der Waals surface area contributed by atoms with Crippen LogP contribution in [-0.4, -0.2) is 41.4 Å². The van der Waals surface area contributed by atoms with Crippen molar-refractivity contribution in [1.82, 2.24) is 10.2 Å². The maximum absolute atomic E-state index is 13.5. The molecule has 0 aliphatic carbocycles. The van der Waals surface area contributed by atoms with Gasteiger partial charge in [-0.15, -0.1) is 0 Å². The molecule has 190 valence electrons. The van der Waals surface area contributed by atoms with Crippen LogP contribution in [0.3, 0.4) is 0 Å². The monoisotopic (exact) mass is 525 g/mol. The van der Waals surface area contributed by atoms with E-state index in [1.165, 1.54) is 12.1 Å². The summed E-state index contributed by atoms with van der Waals surface area (Å²) >= 11 is 1.61. The van der Waals surface area contributed by atoms with Gasteiger partial charge in [-0.2, -0.15) is 35.5 Å². The van der Waals surface area contributed by atoms with Crippen LogP contribution in [0.4, 0.5) is 23.7 Å². The van der Waals surface area contributed by atoms with Gasteiger partial charge < -0.3 is 10.2 Å². The molecule has 11 heteroatoms. The first-order valence-corrected chi connectivity index (χ1v) is 12.6. The third-order valence-corrected chi connectivity index (χ3v) is 7.15. The maximum Gasteiger partial charge on any atom is 0.416 e. The lowest BCUT2D eigenvalue weighted by Crippen LogP contribution is -2.47. The molecule has 0 spiro atoms. The molecule has 2 heterocycles. The molecule has 0 unspecified atom stereocenters. The quantitative estimate of drug-likeness (QED) is 0.490. The fourth-order valence-electron chi connectivity index (χ4n) is 4.35. The first-order chi connectivity index (χ1) is 17.7. The van der Waals surface area contributed by atoms with Gasteiger partial charge in [0.15, 0.2) is 0 Å². The summed E-state index contributed by atoms with van der Waals surface area (Å²) in [6.45, 7) is 0.476. The van der Waals surface area contributed by atoms with Crippen molar-refractivity contribution in [2.24, 2.45) is 0 Å². The van der Waals surface area contributed by atoms with Gasteiger partial charge in [-0.1, -0.05) is 18.2 Å². The second-order valence-electron chi connectivity index (χ2n) is 8.46. The number of amides is 3. The molecule has 1 atom stereocenters. The molecule has 0 bridgehead atoms. The van der Waals surface area contributed by atoms with E-state index in [1.54, 1.807) is 40.9 Å².